The summed E-state index contributed by atoms with van der Waals surface area (Å²) in [7, 11) is 0. The number of fused-ring (bicyclic) bond motifs is 5. The summed E-state index contributed by atoms with van der Waals surface area (Å²) >= 11 is 0. The van der Waals surface area contributed by atoms with Gasteiger partial charge >= 0.3 is 6.09 Å². The molecule has 4 aliphatic rings. The van der Waals surface area contributed by atoms with Gasteiger partial charge in [0.15, 0.2) is 0 Å². The number of anilines is 1. The molecular weight excluding hydrogens is 398 g/mol. The predicted molar refractivity (Wildman–Crippen MR) is 126 cm³/mol. The average Bonchev–Trinajstić information content (AvgIpc) is 3.09. The molecule has 0 N–H and O–H groups in total. The van der Waals surface area contributed by atoms with Crippen LogP contribution in [0.1, 0.15) is 60.8 Å². The molecule has 5 nitrogen and oxygen atoms in total. The number of rotatable bonds is 4. The van der Waals surface area contributed by atoms with Crippen molar-refractivity contribution in [2.75, 3.05) is 37.6 Å². The molecule has 1 saturated carbocycles. The van der Waals surface area contributed by atoms with E-state index in [9.17, 15) is 4.79 Å². The van der Waals surface area contributed by atoms with Gasteiger partial charge in [0.25, 0.3) is 0 Å². The minimum atomic E-state index is -0.176. The summed E-state index contributed by atoms with van der Waals surface area (Å²) in [5.41, 5.74) is 5.15. The van der Waals surface area contributed by atoms with Crippen molar-refractivity contribution < 1.29 is 9.53 Å². The van der Waals surface area contributed by atoms with E-state index in [1.807, 2.05) is 35.2 Å². The quantitative estimate of drug-likeness (QED) is 0.688. The Bertz CT molecular complexity index is 966. The molecule has 2 aromatic rings. The number of piperidine rings is 1. The fraction of sp³-hybridized carbons (Fsp3) is 0.519. The van der Waals surface area contributed by atoms with E-state index in [2.05, 4.69) is 28.0 Å². The Morgan fingerprint density at radius 3 is 2.47 bits per heavy atom. The van der Waals surface area contributed by atoms with Crippen molar-refractivity contribution >= 4 is 11.8 Å². The Kier molecular flexibility index (Phi) is 5.30. The zero-order valence-electron chi connectivity index (χ0n) is 18.8. The molecule has 1 amide bonds. The molecular formula is C27H33N3O2. The van der Waals surface area contributed by atoms with Crippen molar-refractivity contribution in [3.05, 3.63) is 65.2 Å². The second-order valence-electron chi connectivity index (χ2n) is 9.89. The van der Waals surface area contributed by atoms with Crippen molar-refractivity contribution in [1.29, 1.82) is 0 Å². The zero-order chi connectivity index (χ0) is 21.5. The number of benzene rings is 2. The van der Waals surface area contributed by atoms with Gasteiger partial charge in [0.2, 0.25) is 0 Å². The van der Waals surface area contributed by atoms with Crippen molar-refractivity contribution in [2.24, 2.45) is 0 Å². The zero-order valence-corrected chi connectivity index (χ0v) is 18.8. The van der Waals surface area contributed by atoms with E-state index in [1.165, 1.54) is 49.2 Å². The maximum absolute atomic E-state index is 13.0. The summed E-state index contributed by atoms with van der Waals surface area (Å²) in [5.74, 6) is 0.581. The number of carbonyl (C=O) groups excluding carboxylic acids is 1. The molecule has 0 spiro atoms. The average molecular weight is 432 g/mol. The molecule has 2 aliphatic heterocycles. The van der Waals surface area contributed by atoms with E-state index in [4.69, 9.17) is 4.74 Å². The van der Waals surface area contributed by atoms with E-state index < -0.39 is 0 Å². The van der Waals surface area contributed by atoms with Crippen LogP contribution in [0.25, 0.3) is 0 Å². The Hall–Kier alpha value is -2.53. The van der Waals surface area contributed by atoms with Crippen LogP contribution < -0.4 is 4.90 Å². The van der Waals surface area contributed by atoms with Gasteiger partial charge in [-0.2, -0.15) is 0 Å². The molecule has 6 rings (SSSR count). The Morgan fingerprint density at radius 2 is 1.72 bits per heavy atom. The molecule has 0 unspecified atom stereocenters. The lowest BCUT2D eigenvalue weighted by Crippen LogP contribution is -2.52. The van der Waals surface area contributed by atoms with Gasteiger partial charge in [0.05, 0.1) is 6.04 Å². The monoisotopic (exact) mass is 431 g/mol. The number of piperazine rings is 1. The third kappa shape index (κ3) is 3.66. The van der Waals surface area contributed by atoms with E-state index in [0.29, 0.717) is 12.5 Å². The highest BCUT2D eigenvalue weighted by atomic mass is 16.6. The van der Waals surface area contributed by atoms with E-state index in [-0.39, 0.29) is 12.1 Å². The van der Waals surface area contributed by atoms with Gasteiger partial charge in [-0.15, -0.1) is 0 Å². The summed E-state index contributed by atoms with van der Waals surface area (Å²) in [4.78, 5) is 20.2. The van der Waals surface area contributed by atoms with Gasteiger partial charge in [-0.3, -0.25) is 4.90 Å². The Morgan fingerprint density at radius 1 is 0.906 bits per heavy atom. The number of nitrogens with zero attached hydrogens (tertiary/aromatic N) is 3. The van der Waals surface area contributed by atoms with Crippen molar-refractivity contribution in [3.63, 3.8) is 0 Å². The number of likely N-dealkylation sites (tertiary alicyclic amines) is 1. The number of amides is 1. The second-order valence-corrected chi connectivity index (χ2v) is 9.89. The molecule has 5 heteroatoms. The minimum Gasteiger partial charge on any atom is -0.445 e. The summed E-state index contributed by atoms with van der Waals surface area (Å²) < 4.78 is 5.70. The first-order chi connectivity index (χ1) is 15.8. The lowest BCUT2D eigenvalue weighted by molar-refractivity contribution is 0.0694. The van der Waals surface area contributed by atoms with Crippen LogP contribution in [0.3, 0.4) is 0 Å². The lowest BCUT2D eigenvalue weighted by atomic mass is 9.91. The first kappa shape index (κ1) is 20.1. The molecule has 2 saturated heterocycles. The van der Waals surface area contributed by atoms with Crippen LogP contribution in [-0.2, 0) is 11.3 Å². The molecule has 2 atom stereocenters. The largest absolute Gasteiger partial charge is 0.445 e. The van der Waals surface area contributed by atoms with Crippen LogP contribution in [0.15, 0.2) is 48.5 Å². The van der Waals surface area contributed by atoms with Gasteiger partial charge in [0, 0.05) is 44.5 Å². The second kappa shape index (κ2) is 8.43. The molecule has 0 aromatic heterocycles. The number of hydrogen-bond acceptors (Lipinski definition) is 4. The van der Waals surface area contributed by atoms with Crippen molar-refractivity contribution in [1.82, 2.24) is 9.80 Å². The van der Waals surface area contributed by atoms with Gasteiger partial charge in [0.1, 0.15) is 6.61 Å². The highest BCUT2D eigenvalue weighted by Crippen LogP contribution is 2.50. The molecule has 0 radical (unpaired) electrons. The maximum Gasteiger partial charge on any atom is 0.410 e. The molecule has 3 fully saturated rings. The first-order valence-corrected chi connectivity index (χ1v) is 12.4. The van der Waals surface area contributed by atoms with E-state index >= 15 is 0 Å². The predicted octanol–water partition coefficient (Wildman–Crippen LogP) is 4.93. The normalized spacial score (nSPS) is 25.4. The van der Waals surface area contributed by atoms with Gasteiger partial charge < -0.3 is 14.5 Å². The van der Waals surface area contributed by atoms with Crippen LogP contribution in [0, 0.1) is 0 Å². The van der Waals surface area contributed by atoms with Crippen LogP contribution in [0.4, 0.5) is 10.5 Å². The SMILES string of the molecule is O=C(OCc1ccccc1)N1CC[C@@H]2C[C@H]1c1cc(N3CCN(C4CCC4)CC3)ccc12. The van der Waals surface area contributed by atoms with Gasteiger partial charge in [-0.1, -0.05) is 42.8 Å². The summed E-state index contributed by atoms with van der Waals surface area (Å²) in [6.45, 7) is 5.67. The molecule has 2 bridgehead atoms. The van der Waals surface area contributed by atoms with Crippen LogP contribution >= 0.6 is 0 Å². The third-order valence-electron chi connectivity index (χ3n) is 8.18. The lowest BCUT2D eigenvalue weighted by Gasteiger charge is -2.43. The van der Waals surface area contributed by atoms with Crippen molar-refractivity contribution in [2.45, 2.75) is 56.7 Å². The van der Waals surface area contributed by atoms with Gasteiger partial charge in [-0.25, -0.2) is 4.79 Å². The molecule has 168 valence electrons. The summed E-state index contributed by atoms with van der Waals surface area (Å²) in [5, 5.41) is 0. The fourth-order valence-electron chi connectivity index (χ4n) is 6.08. The van der Waals surface area contributed by atoms with Crippen LogP contribution in [0.5, 0.6) is 0 Å². The smallest absolute Gasteiger partial charge is 0.410 e. The minimum absolute atomic E-state index is 0.156. The molecule has 2 aromatic carbocycles. The number of hydrogen-bond donors (Lipinski definition) is 0. The summed E-state index contributed by atoms with van der Waals surface area (Å²) in [6.07, 6.45) is 6.07. The van der Waals surface area contributed by atoms with Crippen LogP contribution in [-0.4, -0.2) is 54.7 Å². The third-order valence-corrected chi connectivity index (χ3v) is 8.18. The Balaban J connectivity index is 1.15. The molecule has 32 heavy (non-hydrogen) atoms. The van der Waals surface area contributed by atoms with E-state index in [1.54, 1.807) is 0 Å². The van der Waals surface area contributed by atoms with Gasteiger partial charge in [-0.05, 0) is 60.4 Å². The van der Waals surface area contributed by atoms with Crippen molar-refractivity contribution in [3.8, 4) is 0 Å². The highest BCUT2D eigenvalue weighted by Gasteiger charge is 2.41. The first-order valence-electron chi connectivity index (χ1n) is 12.4. The highest BCUT2D eigenvalue weighted by molar-refractivity contribution is 5.70. The molecule has 2 heterocycles. The van der Waals surface area contributed by atoms with E-state index in [0.717, 1.165) is 44.1 Å². The number of carbonyl (C=O) groups is 1. The topological polar surface area (TPSA) is 36.0 Å². The maximum atomic E-state index is 13.0. The number of ether oxygens (including phenoxy) is 1. The Labute approximate surface area is 190 Å². The standard InChI is InChI=1S/C27H33N3O2/c31-27(32-19-20-5-2-1-3-6-20)30-12-11-21-17-26(30)25-18-23(9-10-24(21)25)29-15-13-28(14-16-29)22-7-4-8-22/h1-3,5-6,9-10,18,21-22,26H,4,7-8,11-17,19H2/t21-,26+/m1/s1. The molecule has 2 aliphatic carbocycles. The summed E-state index contributed by atoms with van der Waals surface area (Å²) in [6, 6.07) is 18.0. The fourth-order valence-corrected chi connectivity index (χ4v) is 6.08. The van der Waals surface area contributed by atoms with Crippen LogP contribution in [0.2, 0.25) is 0 Å².